The van der Waals surface area contributed by atoms with Crippen molar-refractivity contribution in [2.45, 2.75) is 6.61 Å². The average Bonchev–Trinajstić information content (AvgIpc) is 2.14. The largest absolute Gasteiger partial charge is 0.495 e. The summed E-state index contributed by atoms with van der Waals surface area (Å²) in [4.78, 5) is 0. The Morgan fingerprint density at radius 1 is 1.38 bits per heavy atom. The van der Waals surface area contributed by atoms with Crippen molar-refractivity contribution in [3.8, 4) is 5.75 Å². The van der Waals surface area contributed by atoms with Crippen molar-refractivity contribution < 1.29 is 13.9 Å². The van der Waals surface area contributed by atoms with Crippen LogP contribution in [0, 0.1) is 5.82 Å². The predicted molar refractivity (Wildman–Crippen MR) is 48.7 cm³/mol. The molecule has 1 rings (SSSR count). The number of halogens is 2. The zero-order valence-electron chi connectivity index (χ0n) is 7.43. The van der Waals surface area contributed by atoms with Crippen LogP contribution in [-0.2, 0) is 11.3 Å². The maximum Gasteiger partial charge on any atom is 0.151 e. The quantitative estimate of drug-likeness (QED) is 0.754. The molecular weight excluding hydrogens is 195 g/mol. The zero-order chi connectivity index (χ0) is 9.84. The van der Waals surface area contributed by atoms with Gasteiger partial charge < -0.3 is 9.47 Å². The van der Waals surface area contributed by atoms with Crippen molar-refractivity contribution in [2.75, 3.05) is 14.2 Å². The smallest absolute Gasteiger partial charge is 0.151 e. The highest BCUT2D eigenvalue weighted by Gasteiger charge is 2.11. The second-order valence-electron chi connectivity index (χ2n) is 2.49. The number of hydrogen-bond donors (Lipinski definition) is 0. The molecule has 0 N–H and O–H groups in total. The highest BCUT2D eigenvalue weighted by atomic mass is 35.5. The molecule has 1 aromatic rings. The summed E-state index contributed by atoms with van der Waals surface area (Å²) in [5, 5.41) is -0.00273. The second-order valence-corrected chi connectivity index (χ2v) is 2.87. The van der Waals surface area contributed by atoms with E-state index in [9.17, 15) is 4.39 Å². The Labute approximate surface area is 81.2 Å². The van der Waals surface area contributed by atoms with Gasteiger partial charge in [-0.2, -0.15) is 0 Å². The third kappa shape index (κ3) is 2.11. The summed E-state index contributed by atoms with van der Waals surface area (Å²) < 4.78 is 23.0. The molecular formula is C9H10ClFO2. The van der Waals surface area contributed by atoms with Gasteiger partial charge in [-0.05, 0) is 12.1 Å². The molecule has 0 spiro atoms. The van der Waals surface area contributed by atoms with Crippen molar-refractivity contribution >= 4 is 11.6 Å². The monoisotopic (exact) mass is 204 g/mol. The van der Waals surface area contributed by atoms with E-state index in [2.05, 4.69) is 0 Å². The molecule has 2 nitrogen and oxygen atoms in total. The maximum absolute atomic E-state index is 13.3. The van der Waals surface area contributed by atoms with E-state index >= 15 is 0 Å². The highest BCUT2D eigenvalue weighted by Crippen LogP contribution is 2.29. The highest BCUT2D eigenvalue weighted by molar-refractivity contribution is 6.32. The fourth-order valence-corrected chi connectivity index (χ4v) is 1.26. The van der Waals surface area contributed by atoms with Crippen LogP contribution in [0.1, 0.15) is 5.56 Å². The summed E-state index contributed by atoms with van der Waals surface area (Å²) in [5.74, 6) is -0.151. The second kappa shape index (κ2) is 4.44. The number of benzene rings is 1. The lowest BCUT2D eigenvalue weighted by atomic mass is 10.2. The van der Waals surface area contributed by atoms with E-state index in [1.54, 1.807) is 12.1 Å². The van der Waals surface area contributed by atoms with E-state index < -0.39 is 5.82 Å². The molecule has 0 bridgehead atoms. The summed E-state index contributed by atoms with van der Waals surface area (Å²) >= 11 is 5.68. The van der Waals surface area contributed by atoms with E-state index in [0.29, 0.717) is 11.3 Å². The molecule has 0 heterocycles. The molecule has 0 saturated heterocycles. The van der Waals surface area contributed by atoms with Crippen LogP contribution in [-0.4, -0.2) is 14.2 Å². The van der Waals surface area contributed by atoms with Crippen molar-refractivity contribution in [1.29, 1.82) is 0 Å². The van der Waals surface area contributed by atoms with Crippen LogP contribution in [0.25, 0.3) is 0 Å². The molecule has 0 saturated carbocycles. The summed E-state index contributed by atoms with van der Waals surface area (Å²) in [6.45, 7) is 0.204. The lowest BCUT2D eigenvalue weighted by molar-refractivity contribution is 0.181. The Morgan fingerprint density at radius 2 is 2.08 bits per heavy atom. The predicted octanol–water partition coefficient (Wildman–Crippen LogP) is 2.63. The van der Waals surface area contributed by atoms with Crippen LogP contribution in [0.5, 0.6) is 5.75 Å². The molecule has 0 amide bonds. The first-order valence-electron chi connectivity index (χ1n) is 3.70. The Hall–Kier alpha value is -0.800. The van der Waals surface area contributed by atoms with Crippen LogP contribution in [0.4, 0.5) is 4.39 Å². The van der Waals surface area contributed by atoms with Crippen molar-refractivity contribution in [3.63, 3.8) is 0 Å². The molecule has 0 aromatic heterocycles. The molecule has 0 unspecified atom stereocenters. The molecule has 0 aliphatic carbocycles. The van der Waals surface area contributed by atoms with E-state index in [-0.39, 0.29) is 11.6 Å². The lowest BCUT2D eigenvalue weighted by Crippen LogP contribution is -1.95. The van der Waals surface area contributed by atoms with Gasteiger partial charge in [0.2, 0.25) is 0 Å². The molecule has 0 aliphatic rings. The molecule has 0 fully saturated rings. The fourth-order valence-electron chi connectivity index (χ4n) is 0.996. The van der Waals surface area contributed by atoms with Gasteiger partial charge in [0.25, 0.3) is 0 Å². The summed E-state index contributed by atoms with van der Waals surface area (Å²) in [7, 11) is 2.94. The van der Waals surface area contributed by atoms with E-state index in [1.165, 1.54) is 14.2 Å². The third-order valence-corrected chi connectivity index (χ3v) is 2.00. The van der Waals surface area contributed by atoms with E-state index in [0.717, 1.165) is 0 Å². The van der Waals surface area contributed by atoms with Gasteiger partial charge >= 0.3 is 0 Å². The van der Waals surface area contributed by atoms with Gasteiger partial charge in [-0.15, -0.1) is 0 Å². The topological polar surface area (TPSA) is 18.5 Å². The van der Waals surface area contributed by atoms with Gasteiger partial charge in [-0.1, -0.05) is 11.6 Å². The maximum atomic E-state index is 13.3. The van der Waals surface area contributed by atoms with Crippen LogP contribution < -0.4 is 4.74 Å². The molecule has 0 aliphatic heterocycles. The molecule has 0 radical (unpaired) electrons. The fraction of sp³-hybridized carbons (Fsp3) is 0.333. The van der Waals surface area contributed by atoms with Crippen molar-refractivity contribution in [3.05, 3.63) is 28.5 Å². The van der Waals surface area contributed by atoms with Gasteiger partial charge in [-0.25, -0.2) is 4.39 Å². The van der Waals surface area contributed by atoms with Crippen LogP contribution in [0.15, 0.2) is 12.1 Å². The first-order valence-corrected chi connectivity index (χ1v) is 4.08. The van der Waals surface area contributed by atoms with Gasteiger partial charge in [0.15, 0.2) is 5.82 Å². The van der Waals surface area contributed by atoms with Crippen molar-refractivity contribution in [2.24, 2.45) is 0 Å². The molecule has 72 valence electrons. The van der Waals surface area contributed by atoms with Gasteiger partial charge in [-0.3, -0.25) is 0 Å². The van der Waals surface area contributed by atoms with Crippen LogP contribution >= 0.6 is 11.6 Å². The Bertz CT molecular complexity index is 302. The summed E-state index contributed by atoms with van der Waals surface area (Å²) in [5.41, 5.74) is 0.424. The number of ether oxygens (including phenoxy) is 2. The Kier molecular flexibility index (Phi) is 3.51. The minimum atomic E-state index is -0.483. The average molecular weight is 205 g/mol. The normalized spacial score (nSPS) is 10.2. The summed E-state index contributed by atoms with van der Waals surface area (Å²) in [6.07, 6.45) is 0. The minimum Gasteiger partial charge on any atom is -0.495 e. The third-order valence-electron chi connectivity index (χ3n) is 1.65. The summed E-state index contributed by atoms with van der Waals surface area (Å²) in [6, 6.07) is 3.20. The first kappa shape index (κ1) is 10.3. The van der Waals surface area contributed by atoms with Gasteiger partial charge in [0.1, 0.15) is 10.8 Å². The minimum absolute atomic E-state index is 0.00273. The standard InChI is InChI=1S/C9H10ClFO2/c1-12-5-6-3-4-7(13-2)8(10)9(6)11/h3-4H,5H2,1-2H3. The molecule has 13 heavy (non-hydrogen) atoms. The number of rotatable bonds is 3. The first-order chi connectivity index (χ1) is 6.20. The molecule has 0 atom stereocenters. The SMILES string of the molecule is COCc1ccc(OC)c(Cl)c1F. The lowest BCUT2D eigenvalue weighted by Gasteiger charge is -2.07. The Morgan fingerprint density at radius 3 is 2.62 bits per heavy atom. The van der Waals surface area contributed by atoms with Crippen molar-refractivity contribution in [1.82, 2.24) is 0 Å². The molecule has 1 aromatic carbocycles. The van der Waals surface area contributed by atoms with E-state index in [1.807, 2.05) is 0 Å². The van der Waals surface area contributed by atoms with Crippen LogP contribution in [0.2, 0.25) is 5.02 Å². The van der Waals surface area contributed by atoms with Crippen LogP contribution in [0.3, 0.4) is 0 Å². The molecule has 4 heteroatoms. The number of hydrogen-bond acceptors (Lipinski definition) is 2. The number of methoxy groups -OCH3 is 2. The van der Waals surface area contributed by atoms with E-state index in [4.69, 9.17) is 21.1 Å². The van der Waals surface area contributed by atoms with Gasteiger partial charge in [0.05, 0.1) is 13.7 Å². The van der Waals surface area contributed by atoms with Gasteiger partial charge in [0, 0.05) is 12.7 Å². The Balaban J connectivity index is 3.07. The zero-order valence-corrected chi connectivity index (χ0v) is 8.19.